The highest BCUT2D eigenvalue weighted by atomic mass is 35.5. The molecule has 1 amide bonds. The van der Waals surface area contributed by atoms with Crippen LogP contribution in [-0.4, -0.2) is 44.8 Å². The zero-order chi connectivity index (χ0) is 16.9. The molecule has 0 saturated carbocycles. The number of carbonyl (C=O) groups excluding carboxylic acids is 1. The molecule has 1 N–H and O–H groups in total. The summed E-state index contributed by atoms with van der Waals surface area (Å²) in [4.78, 5) is 13.8. The molecule has 134 valence electrons. The van der Waals surface area contributed by atoms with Crippen LogP contribution in [0.1, 0.15) is 23.5 Å². The summed E-state index contributed by atoms with van der Waals surface area (Å²) in [6.07, 6.45) is 0.657. The molecule has 25 heavy (non-hydrogen) atoms. The Morgan fingerprint density at radius 1 is 1.08 bits per heavy atom. The van der Waals surface area contributed by atoms with E-state index in [0.717, 1.165) is 13.0 Å². The Morgan fingerprint density at radius 3 is 2.20 bits per heavy atom. The SMILES string of the molecule is CNCCCN(C)C(=O)OCC1c2ccccc2-c2ccccc21.Cl. The van der Waals surface area contributed by atoms with Crippen LogP contribution in [0.4, 0.5) is 4.79 Å². The van der Waals surface area contributed by atoms with Crippen molar-refractivity contribution in [2.45, 2.75) is 12.3 Å². The fourth-order valence-electron chi connectivity index (χ4n) is 3.29. The highest BCUT2D eigenvalue weighted by Gasteiger charge is 2.29. The van der Waals surface area contributed by atoms with E-state index >= 15 is 0 Å². The number of fused-ring (bicyclic) bond motifs is 3. The van der Waals surface area contributed by atoms with Gasteiger partial charge in [0.25, 0.3) is 0 Å². The number of ether oxygens (including phenoxy) is 1. The van der Waals surface area contributed by atoms with Gasteiger partial charge >= 0.3 is 6.09 Å². The second kappa shape index (κ2) is 8.88. The van der Waals surface area contributed by atoms with Crippen molar-refractivity contribution in [1.82, 2.24) is 10.2 Å². The van der Waals surface area contributed by atoms with Crippen molar-refractivity contribution in [2.75, 3.05) is 33.8 Å². The van der Waals surface area contributed by atoms with E-state index in [1.54, 1.807) is 11.9 Å². The maximum atomic E-state index is 12.2. The minimum Gasteiger partial charge on any atom is -0.448 e. The molecule has 2 aromatic rings. The average molecular weight is 361 g/mol. The Kier molecular flexibility index (Phi) is 6.85. The van der Waals surface area contributed by atoms with Crippen molar-refractivity contribution in [2.24, 2.45) is 0 Å². The van der Waals surface area contributed by atoms with Crippen LogP contribution in [0.25, 0.3) is 11.1 Å². The van der Waals surface area contributed by atoms with Crippen LogP contribution in [0.5, 0.6) is 0 Å². The van der Waals surface area contributed by atoms with Gasteiger partial charge in [-0.3, -0.25) is 0 Å². The molecule has 2 aromatic carbocycles. The molecule has 0 unspecified atom stereocenters. The second-order valence-electron chi connectivity index (χ2n) is 6.18. The molecule has 0 aliphatic heterocycles. The molecule has 5 heteroatoms. The third-order valence-electron chi connectivity index (χ3n) is 4.57. The number of nitrogens with one attached hydrogen (secondary N) is 1. The van der Waals surface area contributed by atoms with Crippen LogP contribution < -0.4 is 5.32 Å². The standard InChI is InChI=1S/C20H24N2O2.ClH/c1-21-12-7-13-22(2)20(23)24-14-19-17-10-5-3-8-15(17)16-9-4-6-11-18(16)19;/h3-6,8-11,19,21H,7,12-14H2,1-2H3;1H. The van der Waals surface area contributed by atoms with Crippen molar-refractivity contribution in [3.8, 4) is 11.1 Å². The molecule has 4 nitrogen and oxygen atoms in total. The average Bonchev–Trinajstić information content (AvgIpc) is 2.94. The molecule has 0 aromatic heterocycles. The third kappa shape index (κ3) is 4.14. The highest BCUT2D eigenvalue weighted by molar-refractivity contribution is 5.85. The van der Waals surface area contributed by atoms with Crippen LogP contribution in [0, 0.1) is 0 Å². The maximum Gasteiger partial charge on any atom is 0.409 e. The van der Waals surface area contributed by atoms with Crippen LogP contribution >= 0.6 is 12.4 Å². The van der Waals surface area contributed by atoms with E-state index in [2.05, 4.69) is 41.7 Å². The van der Waals surface area contributed by atoms with Gasteiger partial charge in [-0.25, -0.2) is 4.79 Å². The van der Waals surface area contributed by atoms with E-state index in [4.69, 9.17) is 4.74 Å². The Bertz CT molecular complexity index is 675. The monoisotopic (exact) mass is 360 g/mol. The van der Waals surface area contributed by atoms with E-state index in [9.17, 15) is 4.79 Å². The zero-order valence-corrected chi connectivity index (χ0v) is 15.5. The summed E-state index contributed by atoms with van der Waals surface area (Å²) in [6, 6.07) is 16.7. The van der Waals surface area contributed by atoms with Crippen LogP contribution in [0.2, 0.25) is 0 Å². The molecule has 0 fully saturated rings. The fraction of sp³-hybridized carbons (Fsp3) is 0.350. The first kappa shape index (κ1) is 19.3. The van der Waals surface area contributed by atoms with Gasteiger partial charge in [-0.1, -0.05) is 48.5 Å². The van der Waals surface area contributed by atoms with Gasteiger partial charge in [0.05, 0.1) is 0 Å². The van der Waals surface area contributed by atoms with Gasteiger partial charge in [0, 0.05) is 19.5 Å². The van der Waals surface area contributed by atoms with Gasteiger partial charge in [-0.15, -0.1) is 12.4 Å². The zero-order valence-electron chi connectivity index (χ0n) is 14.7. The molecular weight excluding hydrogens is 336 g/mol. The van der Waals surface area contributed by atoms with Crippen LogP contribution in [-0.2, 0) is 4.74 Å². The highest BCUT2D eigenvalue weighted by Crippen LogP contribution is 2.44. The van der Waals surface area contributed by atoms with Crippen molar-refractivity contribution in [3.63, 3.8) is 0 Å². The minimum absolute atomic E-state index is 0. The van der Waals surface area contributed by atoms with Crippen LogP contribution in [0.3, 0.4) is 0 Å². The summed E-state index contributed by atoms with van der Waals surface area (Å²) in [7, 11) is 3.70. The first-order valence-electron chi connectivity index (χ1n) is 8.43. The number of benzene rings is 2. The summed E-state index contributed by atoms with van der Waals surface area (Å²) in [5, 5.41) is 3.08. The van der Waals surface area contributed by atoms with Gasteiger partial charge in [0.2, 0.25) is 0 Å². The molecule has 0 heterocycles. The minimum atomic E-state index is -0.257. The first-order valence-corrected chi connectivity index (χ1v) is 8.43. The Hall–Kier alpha value is -2.04. The lowest BCUT2D eigenvalue weighted by atomic mass is 9.98. The molecular formula is C20H25ClN2O2. The number of hydrogen-bond donors (Lipinski definition) is 1. The number of hydrogen-bond acceptors (Lipinski definition) is 3. The molecule has 1 aliphatic carbocycles. The number of carbonyl (C=O) groups is 1. The lowest BCUT2D eigenvalue weighted by Crippen LogP contribution is -2.31. The van der Waals surface area contributed by atoms with Crippen molar-refractivity contribution in [3.05, 3.63) is 59.7 Å². The molecule has 0 saturated heterocycles. The third-order valence-corrected chi connectivity index (χ3v) is 4.57. The molecule has 0 radical (unpaired) electrons. The second-order valence-corrected chi connectivity index (χ2v) is 6.18. The summed E-state index contributed by atoms with van der Waals surface area (Å²) in [6.45, 7) is 1.96. The van der Waals surface area contributed by atoms with E-state index in [0.29, 0.717) is 13.2 Å². The normalized spacial score (nSPS) is 12.1. The summed E-state index contributed by atoms with van der Waals surface area (Å²) in [5.74, 6) is 0.118. The van der Waals surface area contributed by atoms with E-state index < -0.39 is 0 Å². The molecule has 1 aliphatic rings. The Morgan fingerprint density at radius 2 is 1.64 bits per heavy atom. The number of nitrogens with zero attached hydrogens (tertiary/aromatic N) is 1. The number of amides is 1. The molecule has 0 atom stereocenters. The van der Waals surface area contributed by atoms with E-state index in [-0.39, 0.29) is 24.4 Å². The number of halogens is 1. The predicted molar refractivity (Wildman–Crippen MR) is 103 cm³/mol. The van der Waals surface area contributed by atoms with Gasteiger partial charge in [0.1, 0.15) is 6.61 Å². The largest absolute Gasteiger partial charge is 0.448 e. The maximum absolute atomic E-state index is 12.2. The summed E-state index contributed by atoms with van der Waals surface area (Å²) >= 11 is 0. The Labute approximate surface area is 155 Å². The van der Waals surface area contributed by atoms with Gasteiger partial charge in [-0.05, 0) is 42.3 Å². The van der Waals surface area contributed by atoms with E-state index in [1.807, 2.05) is 19.2 Å². The van der Waals surface area contributed by atoms with Crippen molar-refractivity contribution < 1.29 is 9.53 Å². The van der Waals surface area contributed by atoms with Crippen LogP contribution in [0.15, 0.2) is 48.5 Å². The lowest BCUT2D eigenvalue weighted by molar-refractivity contribution is 0.108. The smallest absolute Gasteiger partial charge is 0.409 e. The van der Waals surface area contributed by atoms with Gasteiger partial charge in [0.15, 0.2) is 0 Å². The van der Waals surface area contributed by atoms with Gasteiger partial charge in [-0.2, -0.15) is 0 Å². The fourth-order valence-corrected chi connectivity index (χ4v) is 3.29. The van der Waals surface area contributed by atoms with Crippen molar-refractivity contribution >= 4 is 18.5 Å². The van der Waals surface area contributed by atoms with Gasteiger partial charge < -0.3 is 15.0 Å². The topological polar surface area (TPSA) is 41.6 Å². The lowest BCUT2D eigenvalue weighted by Gasteiger charge is -2.19. The quantitative estimate of drug-likeness (QED) is 0.794. The molecule has 0 spiro atoms. The molecule has 0 bridgehead atoms. The predicted octanol–water partition coefficient (Wildman–Crippen LogP) is 3.90. The first-order chi connectivity index (χ1) is 11.7. The van der Waals surface area contributed by atoms with E-state index in [1.165, 1.54) is 22.3 Å². The number of rotatable bonds is 6. The summed E-state index contributed by atoms with van der Waals surface area (Å²) < 4.78 is 5.60. The van der Waals surface area contributed by atoms with Crippen molar-refractivity contribution in [1.29, 1.82) is 0 Å². The summed E-state index contributed by atoms with van der Waals surface area (Å²) in [5.41, 5.74) is 4.97. The molecule has 3 rings (SSSR count). The Balaban J connectivity index is 0.00000225.